The van der Waals surface area contributed by atoms with E-state index in [9.17, 15) is 13.6 Å². The Kier molecular flexibility index (Phi) is 6.20. The number of anilines is 1. The molecule has 0 fully saturated rings. The zero-order valence-electron chi connectivity index (χ0n) is 19.7. The fraction of sp³-hybridized carbons (Fsp3) is 0.148. The molecule has 0 aliphatic heterocycles. The average molecular weight is 488 g/mol. The highest BCUT2D eigenvalue weighted by atomic mass is 19.1. The first-order chi connectivity index (χ1) is 17.5. The number of hydrogen-bond donors (Lipinski definition) is 1. The van der Waals surface area contributed by atoms with Crippen LogP contribution in [0.5, 0.6) is 5.75 Å². The van der Waals surface area contributed by atoms with Gasteiger partial charge in [0.15, 0.2) is 5.65 Å². The maximum Gasteiger partial charge on any atom is 0.335 e. The van der Waals surface area contributed by atoms with Gasteiger partial charge in [0.1, 0.15) is 22.9 Å². The molecule has 5 aromatic rings. The molecule has 7 nitrogen and oxygen atoms in total. The minimum Gasteiger partial charge on any atom is -0.497 e. The molecule has 0 spiro atoms. The summed E-state index contributed by atoms with van der Waals surface area (Å²) in [5.74, 6) is -0.615. The molecule has 0 amide bonds. The third-order valence-corrected chi connectivity index (χ3v) is 6.01. The Morgan fingerprint density at radius 3 is 2.44 bits per heavy atom. The minimum atomic E-state index is -0.736. The highest BCUT2D eigenvalue weighted by molar-refractivity contribution is 5.74. The Morgan fingerprint density at radius 2 is 1.72 bits per heavy atom. The number of aromatic nitrogens is 4. The SMILES string of the molecule is COc1cccc(-n2c(=O)n(Cc3c(F)cccc3F)c3cnc(N[C@H](C)c4ccccc4)nc32)c1. The summed E-state index contributed by atoms with van der Waals surface area (Å²) in [6.45, 7) is 1.66. The van der Waals surface area contributed by atoms with Crippen molar-refractivity contribution < 1.29 is 13.5 Å². The van der Waals surface area contributed by atoms with E-state index in [0.717, 1.165) is 17.7 Å². The van der Waals surface area contributed by atoms with Crippen LogP contribution in [0.15, 0.2) is 83.8 Å². The first-order valence-electron chi connectivity index (χ1n) is 11.3. The summed E-state index contributed by atoms with van der Waals surface area (Å²) in [6.07, 6.45) is 1.49. The quantitative estimate of drug-likeness (QED) is 0.346. The molecule has 0 radical (unpaired) electrons. The van der Waals surface area contributed by atoms with Gasteiger partial charge < -0.3 is 10.1 Å². The Hall–Kier alpha value is -4.53. The molecular weight excluding hydrogens is 464 g/mol. The number of nitrogens with zero attached hydrogens (tertiary/aromatic N) is 4. The lowest BCUT2D eigenvalue weighted by molar-refractivity contribution is 0.414. The lowest BCUT2D eigenvalue weighted by Gasteiger charge is -2.14. The van der Waals surface area contributed by atoms with Gasteiger partial charge in [-0.2, -0.15) is 4.98 Å². The van der Waals surface area contributed by atoms with Gasteiger partial charge in [-0.1, -0.05) is 42.5 Å². The lowest BCUT2D eigenvalue weighted by Crippen LogP contribution is -2.24. The van der Waals surface area contributed by atoms with Gasteiger partial charge in [-0.05, 0) is 36.8 Å². The van der Waals surface area contributed by atoms with E-state index in [1.165, 1.54) is 28.5 Å². The summed E-state index contributed by atoms with van der Waals surface area (Å²) in [5.41, 5.74) is 1.44. The van der Waals surface area contributed by atoms with Crippen molar-refractivity contribution in [3.8, 4) is 11.4 Å². The molecular formula is C27H23F2N5O2. The fourth-order valence-corrected chi connectivity index (χ4v) is 4.10. The van der Waals surface area contributed by atoms with Crippen molar-refractivity contribution in [3.63, 3.8) is 0 Å². The Balaban J connectivity index is 1.66. The third kappa shape index (κ3) is 4.31. The molecule has 0 saturated heterocycles. The number of methoxy groups -OCH3 is 1. The van der Waals surface area contributed by atoms with E-state index in [-0.39, 0.29) is 18.2 Å². The molecule has 1 N–H and O–H groups in total. The van der Waals surface area contributed by atoms with Gasteiger partial charge in [0.2, 0.25) is 5.95 Å². The molecule has 1 atom stereocenters. The van der Waals surface area contributed by atoms with Gasteiger partial charge in [-0.15, -0.1) is 0 Å². The maximum atomic E-state index is 14.4. The summed E-state index contributed by atoms with van der Waals surface area (Å²) >= 11 is 0. The molecule has 3 aromatic carbocycles. The predicted octanol–water partition coefficient (Wildman–Crippen LogP) is 5.09. The van der Waals surface area contributed by atoms with Gasteiger partial charge >= 0.3 is 5.69 Å². The fourth-order valence-electron chi connectivity index (χ4n) is 4.10. The van der Waals surface area contributed by atoms with Crippen molar-refractivity contribution in [3.05, 3.63) is 112 Å². The standard InChI is InChI=1S/C27H23F2N5O2/c1-17(18-8-4-3-5-9-18)31-26-30-15-24-25(32-26)34(19-10-6-11-20(14-19)36-2)27(35)33(24)16-21-22(28)12-7-13-23(21)29/h3-15,17H,16H2,1-2H3,(H,30,31,32)/t17-/m1/s1. The largest absolute Gasteiger partial charge is 0.497 e. The highest BCUT2D eigenvalue weighted by Gasteiger charge is 2.21. The molecule has 2 aromatic heterocycles. The molecule has 36 heavy (non-hydrogen) atoms. The first kappa shape index (κ1) is 23.2. The number of rotatable bonds is 7. The Morgan fingerprint density at radius 1 is 1.00 bits per heavy atom. The van der Waals surface area contributed by atoms with E-state index in [2.05, 4.69) is 15.3 Å². The van der Waals surface area contributed by atoms with Crippen molar-refractivity contribution in [2.75, 3.05) is 12.4 Å². The minimum absolute atomic E-state index is 0.102. The van der Waals surface area contributed by atoms with Crippen LogP contribution in [-0.2, 0) is 6.54 Å². The van der Waals surface area contributed by atoms with Crippen LogP contribution >= 0.6 is 0 Å². The van der Waals surface area contributed by atoms with E-state index < -0.39 is 17.3 Å². The molecule has 0 aliphatic rings. The number of benzene rings is 3. The van der Waals surface area contributed by atoms with Gasteiger partial charge in [0.25, 0.3) is 0 Å². The van der Waals surface area contributed by atoms with Gasteiger partial charge in [0.05, 0.1) is 31.6 Å². The molecule has 0 unspecified atom stereocenters. The molecule has 2 heterocycles. The summed E-state index contributed by atoms with van der Waals surface area (Å²) in [4.78, 5) is 22.6. The van der Waals surface area contributed by atoms with Crippen molar-refractivity contribution in [1.29, 1.82) is 0 Å². The lowest BCUT2D eigenvalue weighted by atomic mass is 10.1. The van der Waals surface area contributed by atoms with E-state index in [0.29, 0.717) is 28.5 Å². The summed E-state index contributed by atoms with van der Waals surface area (Å²) < 4.78 is 36.9. The van der Waals surface area contributed by atoms with Crippen molar-refractivity contribution in [1.82, 2.24) is 19.1 Å². The van der Waals surface area contributed by atoms with Crippen molar-refractivity contribution in [2.24, 2.45) is 0 Å². The normalized spacial score (nSPS) is 12.0. The zero-order valence-corrected chi connectivity index (χ0v) is 19.7. The van der Waals surface area contributed by atoms with Crippen LogP contribution in [0.2, 0.25) is 0 Å². The van der Waals surface area contributed by atoms with E-state index in [1.807, 2.05) is 37.3 Å². The van der Waals surface area contributed by atoms with Crippen LogP contribution in [0.3, 0.4) is 0 Å². The van der Waals surface area contributed by atoms with Crippen LogP contribution in [0.4, 0.5) is 14.7 Å². The predicted molar refractivity (Wildman–Crippen MR) is 134 cm³/mol. The number of halogens is 2. The van der Waals surface area contributed by atoms with E-state index in [1.54, 1.807) is 24.3 Å². The second kappa shape index (κ2) is 9.61. The molecule has 9 heteroatoms. The van der Waals surface area contributed by atoms with Crippen molar-refractivity contribution in [2.45, 2.75) is 19.5 Å². The maximum absolute atomic E-state index is 14.4. The van der Waals surface area contributed by atoms with Crippen LogP contribution in [0.1, 0.15) is 24.1 Å². The molecule has 0 saturated carbocycles. The number of hydrogen-bond acceptors (Lipinski definition) is 5. The topological polar surface area (TPSA) is 74.0 Å². The molecule has 0 aliphatic carbocycles. The number of imidazole rings is 1. The summed E-state index contributed by atoms with van der Waals surface area (Å²) in [5, 5.41) is 3.26. The molecule has 5 rings (SSSR count). The molecule has 182 valence electrons. The average Bonchev–Trinajstić information content (AvgIpc) is 3.17. The number of nitrogens with one attached hydrogen (secondary N) is 1. The van der Waals surface area contributed by atoms with E-state index in [4.69, 9.17) is 4.74 Å². The van der Waals surface area contributed by atoms with Crippen LogP contribution in [0.25, 0.3) is 16.9 Å². The van der Waals surface area contributed by atoms with Crippen molar-refractivity contribution >= 4 is 17.1 Å². The number of ether oxygens (including phenoxy) is 1. The van der Waals surface area contributed by atoms with Gasteiger partial charge in [0, 0.05) is 11.6 Å². The van der Waals surface area contributed by atoms with Crippen LogP contribution < -0.4 is 15.7 Å². The van der Waals surface area contributed by atoms with Gasteiger partial charge in [-0.25, -0.2) is 23.1 Å². The van der Waals surface area contributed by atoms with Crippen LogP contribution in [-0.4, -0.2) is 26.2 Å². The van der Waals surface area contributed by atoms with Gasteiger partial charge in [-0.3, -0.25) is 4.57 Å². The highest BCUT2D eigenvalue weighted by Crippen LogP contribution is 2.23. The van der Waals surface area contributed by atoms with E-state index >= 15 is 0 Å². The second-order valence-corrected chi connectivity index (χ2v) is 8.28. The van der Waals surface area contributed by atoms with Crippen LogP contribution in [0, 0.1) is 11.6 Å². The first-order valence-corrected chi connectivity index (χ1v) is 11.3. The Bertz CT molecular complexity index is 1580. The molecule has 0 bridgehead atoms. The summed E-state index contributed by atoms with van der Waals surface area (Å²) in [7, 11) is 1.53. The third-order valence-electron chi connectivity index (χ3n) is 6.01. The zero-order chi connectivity index (χ0) is 25.2. The number of fused-ring (bicyclic) bond motifs is 1. The summed E-state index contributed by atoms with van der Waals surface area (Å²) in [6, 6.07) is 20.2. The smallest absolute Gasteiger partial charge is 0.335 e. The Labute approximate surface area is 205 Å². The second-order valence-electron chi connectivity index (χ2n) is 8.28. The monoisotopic (exact) mass is 487 g/mol.